The Hall–Kier alpha value is -2.48. The minimum atomic E-state index is -1.87. The number of carbonyl (C=O) groups is 4. The van der Waals surface area contributed by atoms with Crippen LogP contribution >= 0.6 is 0 Å². The summed E-state index contributed by atoms with van der Waals surface area (Å²) in [6, 6.07) is 1.55. The molecule has 1 N–H and O–H groups in total. The highest BCUT2D eigenvalue weighted by Crippen LogP contribution is 2.65. The van der Waals surface area contributed by atoms with Gasteiger partial charge in [0.25, 0.3) is 0 Å². The monoisotopic (exact) mass is 432 g/mol. The highest BCUT2D eigenvalue weighted by atomic mass is 16.6. The minimum Gasteiger partial charge on any atom is -0.469 e. The number of ketones is 2. The maximum absolute atomic E-state index is 13.5. The van der Waals surface area contributed by atoms with Crippen LogP contribution in [0.1, 0.15) is 63.6 Å². The van der Waals surface area contributed by atoms with E-state index in [1.807, 2.05) is 13.8 Å². The Bertz CT molecular complexity index is 974. The molecule has 0 spiro atoms. The second-order valence-electron chi connectivity index (χ2n) is 9.84. The van der Waals surface area contributed by atoms with Gasteiger partial charge in [-0.1, -0.05) is 13.8 Å². The van der Waals surface area contributed by atoms with Crippen molar-refractivity contribution in [1.29, 1.82) is 0 Å². The van der Waals surface area contributed by atoms with E-state index < -0.39 is 52.4 Å². The topological polar surface area (TPSA) is 120 Å². The Morgan fingerprint density at radius 1 is 1.13 bits per heavy atom. The molecule has 4 rings (SSSR count). The lowest BCUT2D eigenvalue weighted by atomic mass is 9.40. The zero-order valence-corrected chi connectivity index (χ0v) is 18.4. The van der Waals surface area contributed by atoms with E-state index in [0.29, 0.717) is 17.7 Å². The summed E-state index contributed by atoms with van der Waals surface area (Å²) in [4.78, 5) is 51.2. The van der Waals surface area contributed by atoms with Crippen LogP contribution in [0.4, 0.5) is 0 Å². The van der Waals surface area contributed by atoms with E-state index in [-0.39, 0.29) is 24.4 Å². The molecule has 6 atom stereocenters. The van der Waals surface area contributed by atoms with Crippen molar-refractivity contribution < 1.29 is 38.2 Å². The van der Waals surface area contributed by atoms with Crippen molar-refractivity contribution in [2.75, 3.05) is 0 Å². The number of furan rings is 1. The maximum Gasteiger partial charge on any atom is 0.303 e. The molecule has 0 unspecified atom stereocenters. The van der Waals surface area contributed by atoms with Gasteiger partial charge in [-0.25, -0.2) is 0 Å². The lowest BCUT2D eigenvalue weighted by molar-refractivity contribution is -0.296. The van der Waals surface area contributed by atoms with Gasteiger partial charge in [0.1, 0.15) is 17.1 Å². The summed E-state index contributed by atoms with van der Waals surface area (Å²) < 4.78 is 16.7. The summed E-state index contributed by atoms with van der Waals surface area (Å²) in [5.74, 6) is -3.11. The maximum atomic E-state index is 13.5. The Morgan fingerprint density at radius 2 is 1.77 bits per heavy atom. The SMILES string of the molecule is CC(=O)O[C@H]1[C@H]2C(=O)c3ccoc3C[C@@H]2[C@@]2(C)C(=O)CCC(C)(C)[C@@]2(O)[C@@H]1OC(C)=O. The number of fused-ring (bicyclic) bond motifs is 4. The third-order valence-electron chi connectivity index (χ3n) is 7.93. The van der Waals surface area contributed by atoms with Gasteiger partial charge in [0.05, 0.1) is 23.2 Å². The summed E-state index contributed by atoms with van der Waals surface area (Å²) >= 11 is 0. The fraction of sp³-hybridized carbons (Fsp3) is 0.652. The number of esters is 2. The molecule has 8 nitrogen and oxygen atoms in total. The molecule has 0 bridgehead atoms. The van der Waals surface area contributed by atoms with Gasteiger partial charge in [0.15, 0.2) is 18.0 Å². The van der Waals surface area contributed by atoms with E-state index in [9.17, 15) is 24.3 Å². The first-order valence-electron chi connectivity index (χ1n) is 10.6. The summed E-state index contributed by atoms with van der Waals surface area (Å²) in [6.07, 6.45) is -0.393. The predicted octanol–water partition coefficient (Wildman–Crippen LogP) is 2.25. The first-order valence-corrected chi connectivity index (χ1v) is 10.6. The fourth-order valence-corrected chi connectivity index (χ4v) is 6.39. The van der Waals surface area contributed by atoms with Crippen LogP contribution in [0.15, 0.2) is 16.7 Å². The molecular formula is C23H28O8. The molecule has 0 amide bonds. The quantitative estimate of drug-likeness (QED) is 0.707. The van der Waals surface area contributed by atoms with E-state index in [0.717, 1.165) is 0 Å². The van der Waals surface area contributed by atoms with Gasteiger partial charge >= 0.3 is 11.9 Å². The molecule has 2 fully saturated rings. The molecule has 31 heavy (non-hydrogen) atoms. The van der Waals surface area contributed by atoms with E-state index in [1.165, 1.54) is 20.1 Å². The van der Waals surface area contributed by atoms with E-state index in [1.54, 1.807) is 13.0 Å². The molecule has 0 aromatic carbocycles. The normalized spacial score (nSPS) is 38.5. The van der Waals surface area contributed by atoms with Crippen molar-refractivity contribution in [2.24, 2.45) is 22.7 Å². The zero-order chi connectivity index (χ0) is 22.9. The zero-order valence-electron chi connectivity index (χ0n) is 18.4. The van der Waals surface area contributed by atoms with Crippen LogP contribution in [0.5, 0.6) is 0 Å². The molecule has 8 heteroatoms. The Labute approximate surface area is 180 Å². The van der Waals surface area contributed by atoms with Gasteiger partial charge in [-0.3, -0.25) is 19.2 Å². The van der Waals surface area contributed by atoms with Crippen LogP contribution in [0.2, 0.25) is 0 Å². The number of aliphatic hydroxyl groups is 1. The van der Waals surface area contributed by atoms with E-state index in [4.69, 9.17) is 13.9 Å². The number of rotatable bonds is 2. The predicted molar refractivity (Wildman–Crippen MR) is 106 cm³/mol. The smallest absolute Gasteiger partial charge is 0.303 e. The lowest BCUT2D eigenvalue weighted by Gasteiger charge is -2.66. The molecule has 2 saturated carbocycles. The van der Waals surface area contributed by atoms with Gasteiger partial charge in [-0.15, -0.1) is 0 Å². The number of hydrogen-bond donors (Lipinski definition) is 1. The first kappa shape index (κ1) is 21.7. The molecule has 1 heterocycles. The van der Waals surface area contributed by atoms with Crippen molar-refractivity contribution in [2.45, 2.75) is 71.7 Å². The Morgan fingerprint density at radius 3 is 2.39 bits per heavy atom. The standard InChI is InChI=1S/C23H28O8/c1-11(24)30-19-17-14(10-15-13(18(17)27)7-9-29-15)22(5)16(26)6-8-21(3,4)23(22,28)20(19)31-12(2)25/h7,9,14,17,19-20,28H,6,8,10H2,1-5H3/t14-,17+,19-,20+,22-,23-/m0/s1. The summed E-state index contributed by atoms with van der Waals surface area (Å²) in [5, 5.41) is 12.3. The number of carbonyl (C=O) groups excluding carboxylic acids is 4. The first-order chi connectivity index (χ1) is 14.4. The highest BCUT2D eigenvalue weighted by Gasteiger charge is 2.77. The van der Waals surface area contributed by atoms with Crippen molar-refractivity contribution in [3.05, 3.63) is 23.7 Å². The van der Waals surface area contributed by atoms with Gasteiger partial charge < -0.3 is 19.0 Å². The van der Waals surface area contributed by atoms with Crippen LogP contribution in [-0.2, 0) is 30.3 Å². The van der Waals surface area contributed by atoms with Gasteiger partial charge in [0, 0.05) is 26.7 Å². The van der Waals surface area contributed by atoms with E-state index >= 15 is 0 Å². The molecule has 1 aromatic heterocycles. The second-order valence-corrected chi connectivity index (χ2v) is 9.84. The molecule has 1 aromatic rings. The lowest BCUT2D eigenvalue weighted by Crippen LogP contribution is -2.79. The third kappa shape index (κ3) is 2.70. The Balaban J connectivity index is 2.01. The number of hydrogen-bond acceptors (Lipinski definition) is 8. The van der Waals surface area contributed by atoms with Crippen LogP contribution < -0.4 is 0 Å². The molecule has 3 aliphatic rings. The third-order valence-corrected chi connectivity index (χ3v) is 7.93. The van der Waals surface area contributed by atoms with Crippen LogP contribution in [-0.4, -0.2) is 46.4 Å². The summed E-state index contributed by atoms with van der Waals surface area (Å²) in [7, 11) is 0. The molecular weight excluding hydrogens is 404 g/mol. The molecule has 3 aliphatic carbocycles. The summed E-state index contributed by atoms with van der Waals surface area (Å²) in [6.45, 7) is 7.65. The van der Waals surface area contributed by atoms with Crippen molar-refractivity contribution in [3.63, 3.8) is 0 Å². The molecule has 168 valence electrons. The van der Waals surface area contributed by atoms with Crippen LogP contribution in [0.3, 0.4) is 0 Å². The van der Waals surface area contributed by atoms with Crippen LogP contribution in [0.25, 0.3) is 0 Å². The van der Waals surface area contributed by atoms with Gasteiger partial charge in [-0.2, -0.15) is 0 Å². The number of ether oxygens (including phenoxy) is 2. The largest absolute Gasteiger partial charge is 0.469 e. The summed E-state index contributed by atoms with van der Waals surface area (Å²) in [5.41, 5.74) is -3.80. The van der Waals surface area contributed by atoms with Gasteiger partial charge in [-0.05, 0) is 30.7 Å². The molecule has 0 saturated heterocycles. The Kier molecular flexibility index (Phi) is 4.74. The average molecular weight is 432 g/mol. The van der Waals surface area contributed by atoms with Gasteiger partial charge in [0.2, 0.25) is 0 Å². The van der Waals surface area contributed by atoms with Crippen molar-refractivity contribution >= 4 is 23.5 Å². The van der Waals surface area contributed by atoms with Crippen LogP contribution in [0, 0.1) is 22.7 Å². The van der Waals surface area contributed by atoms with Crippen molar-refractivity contribution in [3.8, 4) is 0 Å². The second kappa shape index (κ2) is 6.76. The van der Waals surface area contributed by atoms with E-state index in [2.05, 4.69) is 0 Å². The highest BCUT2D eigenvalue weighted by molar-refractivity contribution is 6.02. The minimum absolute atomic E-state index is 0.203. The van der Waals surface area contributed by atoms with Crippen molar-refractivity contribution in [1.82, 2.24) is 0 Å². The number of Topliss-reactive ketones (excluding diaryl/α,β-unsaturated/α-hetero) is 2. The molecule has 0 radical (unpaired) electrons. The average Bonchev–Trinajstić information content (AvgIpc) is 3.14. The molecule has 0 aliphatic heterocycles. The fourth-order valence-electron chi connectivity index (χ4n) is 6.39.